The minimum absolute atomic E-state index is 0.0603. The van der Waals surface area contributed by atoms with Crippen LogP contribution in [0.25, 0.3) is 0 Å². The summed E-state index contributed by atoms with van der Waals surface area (Å²) in [6.07, 6.45) is 5.34. The zero-order valence-corrected chi connectivity index (χ0v) is 21.2. The van der Waals surface area contributed by atoms with Crippen LogP contribution in [0.3, 0.4) is 0 Å². The van der Waals surface area contributed by atoms with Gasteiger partial charge in [0.25, 0.3) is 0 Å². The first kappa shape index (κ1) is 26.1. The molecule has 0 saturated carbocycles. The summed E-state index contributed by atoms with van der Waals surface area (Å²) in [4.78, 5) is 12.1. The van der Waals surface area contributed by atoms with Crippen molar-refractivity contribution in [3.63, 3.8) is 0 Å². The second kappa shape index (κ2) is 10.8. The first-order valence-electron chi connectivity index (χ1n) is 12.2. The monoisotopic (exact) mass is 478 g/mol. The standard InChI is InChI=1S/C27H38N6O2/c1-5-6-7-8-15-27(4,17-30-25-32-23(28)31-24(29)33-25)21-16-19(11-14-22(21)35)26(2,3)18-9-12-20(34)13-10-18/h9-14,16,34-35H,5-8,15,17H2,1-4H3,(H5,28,29,30,31,32,33). The van der Waals surface area contributed by atoms with Crippen molar-refractivity contribution < 1.29 is 10.2 Å². The summed E-state index contributed by atoms with van der Waals surface area (Å²) in [6, 6.07) is 13.1. The van der Waals surface area contributed by atoms with E-state index in [4.69, 9.17) is 11.5 Å². The van der Waals surface area contributed by atoms with Crippen molar-refractivity contribution in [3.8, 4) is 11.5 Å². The smallest absolute Gasteiger partial charge is 0.229 e. The van der Waals surface area contributed by atoms with Gasteiger partial charge in [-0.3, -0.25) is 0 Å². The number of phenols is 2. The molecule has 0 aliphatic rings. The Morgan fingerprint density at radius 3 is 2.09 bits per heavy atom. The highest BCUT2D eigenvalue weighted by Gasteiger charge is 2.32. The minimum atomic E-state index is -0.408. The third-order valence-corrected chi connectivity index (χ3v) is 6.85. The number of hydrogen-bond donors (Lipinski definition) is 5. The van der Waals surface area contributed by atoms with Gasteiger partial charge >= 0.3 is 0 Å². The fourth-order valence-electron chi connectivity index (χ4n) is 4.48. The Bertz CT molecular complexity index is 1110. The molecule has 0 aliphatic carbocycles. The number of nitrogens with two attached hydrogens (primary N) is 2. The third kappa shape index (κ3) is 6.32. The highest BCUT2D eigenvalue weighted by Crippen LogP contribution is 2.40. The summed E-state index contributed by atoms with van der Waals surface area (Å²) >= 11 is 0. The van der Waals surface area contributed by atoms with Gasteiger partial charge in [0, 0.05) is 22.9 Å². The van der Waals surface area contributed by atoms with Crippen molar-refractivity contribution in [3.05, 3.63) is 59.2 Å². The average Bonchev–Trinajstić information content (AvgIpc) is 2.80. The zero-order valence-electron chi connectivity index (χ0n) is 21.2. The largest absolute Gasteiger partial charge is 0.508 e. The van der Waals surface area contributed by atoms with Gasteiger partial charge in [-0.2, -0.15) is 15.0 Å². The Hall–Kier alpha value is -3.55. The van der Waals surface area contributed by atoms with E-state index in [0.717, 1.165) is 42.4 Å². The average molecular weight is 479 g/mol. The summed E-state index contributed by atoms with van der Waals surface area (Å²) in [7, 11) is 0. The molecule has 2 aromatic carbocycles. The molecular formula is C27H38N6O2. The summed E-state index contributed by atoms with van der Waals surface area (Å²) in [5.41, 5.74) is 13.8. The van der Waals surface area contributed by atoms with E-state index in [2.05, 4.69) is 54.0 Å². The van der Waals surface area contributed by atoms with Gasteiger partial charge in [-0.05, 0) is 35.7 Å². The molecule has 0 spiro atoms. The number of nitrogens with one attached hydrogen (secondary N) is 1. The Morgan fingerprint density at radius 2 is 1.46 bits per heavy atom. The van der Waals surface area contributed by atoms with E-state index in [1.165, 1.54) is 6.42 Å². The van der Waals surface area contributed by atoms with Crippen LogP contribution in [-0.2, 0) is 10.8 Å². The van der Waals surface area contributed by atoms with E-state index >= 15 is 0 Å². The zero-order chi connectivity index (χ0) is 25.6. The quantitative estimate of drug-likeness (QED) is 0.239. The van der Waals surface area contributed by atoms with Crippen molar-refractivity contribution in [2.45, 2.75) is 70.6 Å². The van der Waals surface area contributed by atoms with Crippen molar-refractivity contribution >= 4 is 17.8 Å². The SMILES string of the molecule is CCCCCCC(C)(CNc1nc(N)nc(N)n1)c1cc(C(C)(C)c2ccc(O)cc2)ccc1O. The molecule has 3 rings (SSSR count). The van der Waals surface area contributed by atoms with Crippen molar-refractivity contribution in [1.29, 1.82) is 0 Å². The normalized spacial score (nSPS) is 13.4. The van der Waals surface area contributed by atoms with E-state index in [-0.39, 0.29) is 28.8 Å². The molecule has 35 heavy (non-hydrogen) atoms. The molecular weight excluding hydrogens is 440 g/mol. The van der Waals surface area contributed by atoms with Gasteiger partial charge < -0.3 is 27.0 Å². The molecule has 0 amide bonds. The second-order valence-corrected chi connectivity index (χ2v) is 10.0. The first-order chi connectivity index (χ1) is 16.5. The van der Waals surface area contributed by atoms with Gasteiger partial charge in [-0.1, -0.05) is 77.6 Å². The van der Waals surface area contributed by atoms with E-state index < -0.39 is 5.41 Å². The Balaban J connectivity index is 1.97. The van der Waals surface area contributed by atoms with Crippen LogP contribution in [0.1, 0.15) is 76.5 Å². The number of benzene rings is 2. The number of aromatic hydroxyl groups is 2. The molecule has 188 valence electrons. The second-order valence-electron chi connectivity index (χ2n) is 10.0. The highest BCUT2D eigenvalue weighted by atomic mass is 16.3. The van der Waals surface area contributed by atoms with Gasteiger partial charge in [-0.15, -0.1) is 0 Å². The van der Waals surface area contributed by atoms with Crippen molar-refractivity contribution in [2.75, 3.05) is 23.3 Å². The molecule has 0 saturated heterocycles. The topological polar surface area (TPSA) is 143 Å². The maximum atomic E-state index is 11.0. The Morgan fingerprint density at radius 1 is 0.829 bits per heavy atom. The Labute approximate surface area is 207 Å². The molecule has 8 nitrogen and oxygen atoms in total. The molecule has 1 atom stereocenters. The van der Waals surface area contributed by atoms with Gasteiger partial charge in [0.2, 0.25) is 17.8 Å². The predicted molar refractivity (Wildman–Crippen MR) is 142 cm³/mol. The van der Waals surface area contributed by atoms with Gasteiger partial charge in [-0.25, -0.2) is 0 Å². The predicted octanol–water partition coefficient (Wildman–Crippen LogP) is 5.11. The molecule has 1 heterocycles. The minimum Gasteiger partial charge on any atom is -0.508 e. The summed E-state index contributed by atoms with van der Waals surface area (Å²) in [5.74, 6) is 0.927. The van der Waals surface area contributed by atoms with Crippen molar-refractivity contribution in [1.82, 2.24) is 15.0 Å². The van der Waals surface area contributed by atoms with Crippen LogP contribution in [0.5, 0.6) is 11.5 Å². The fourth-order valence-corrected chi connectivity index (χ4v) is 4.48. The van der Waals surface area contributed by atoms with Crippen molar-refractivity contribution in [2.24, 2.45) is 0 Å². The molecule has 1 unspecified atom stereocenters. The lowest BCUT2D eigenvalue weighted by atomic mass is 9.73. The third-order valence-electron chi connectivity index (χ3n) is 6.85. The number of aromatic nitrogens is 3. The number of phenolic OH excluding ortho intramolecular Hbond substituents is 2. The maximum Gasteiger partial charge on any atom is 0.229 e. The van der Waals surface area contributed by atoms with E-state index in [1.54, 1.807) is 18.2 Å². The van der Waals surface area contributed by atoms with E-state index in [9.17, 15) is 10.2 Å². The number of nitrogen functional groups attached to an aromatic ring is 2. The van der Waals surface area contributed by atoms with Crippen LogP contribution < -0.4 is 16.8 Å². The molecule has 7 N–H and O–H groups in total. The molecule has 0 fully saturated rings. The molecule has 0 aliphatic heterocycles. The lowest BCUT2D eigenvalue weighted by molar-refractivity contribution is 0.393. The van der Waals surface area contributed by atoms with Crippen LogP contribution in [-0.4, -0.2) is 31.7 Å². The Kier molecular flexibility index (Phi) is 8.04. The van der Waals surface area contributed by atoms with E-state index in [0.29, 0.717) is 12.5 Å². The molecule has 0 bridgehead atoms. The summed E-state index contributed by atoms with van der Waals surface area (Å²) in [6.45, 7) is 9.10. The maximum absolute atomic E-state index is 11.0. The van der Waals surface area contributed by atoms with Gasteiger partial charge in [0.05, 0.1) is 0 Å². The highest BCUT2D eigenvalue weighted by molar-refractivity contribution is 5.48. The van der Waals surface area contributed by atoms with Crippen LogP contribution in [0.15, 0.2) is 42.5 Å². The van der Waals surface area contributed by atoms with Gasteiger partial charge in [0.15, 0.2) is 0 Å². The van der Waals surface area contributed by atoms with Crippen LogP contribution in [0.2, 0.25) is 0 Å². The van der Waals surface area contributed by atoms with Crippen LogP contribution >= 0.6 is 0 Å². The lowest BCUT2D eigenvalue weighted by Gasteiger charge is -2.34. The number of anilines is 3. The summed E-state index contributed by atoms with van der Waals surface area (Å²) in [5, 5.41) is 24.0. The molecule has 1 aromatic heterocycles. The lowest BCUT2D eigenvalue weighted by Crippen LogP contribution is -2.33. The first-order valence-corrected chi connectivity index (χ1v) is 12.2. The number of unbranched alkanes of at least 4 members (excludes halogenated alkanes) is 3. The summed E-state index contributed by atoms with van der Waals surface area (Å²) < 4.78 is 0. The number of rotatable bonds is 11. The molecule has 8 heteroatoms. The molecule has 3 aromatic rings. The van der Waals surface area contributed by atoms with Crippen LogP contribution in [0, 0.1) is 0 Å². The number of hydrogen-bond acceptors (Lipinski definition) is 8. The number of nitrogens with zero attached hydrogens (tertiary/aromatic N) is 3. The van der Waals surface area contributed by atoms with Crippen LogP contribution in [0.4, 0.5) is 17.8 Å². The molecule has 0 radical (unpaired) electrons. The van der Waals surface area contributed by atoms with E-state index in [1.807, 2.05) is 18.2 Å². The van der Waals surface area contributed by atoms with Gasteiger partial charge in [0.1, 0.15) is 11.5 Å². The fraction of sp³-hybridized carbons (Fsp3) is 0.444.